The minimum atomic E-state index is -1.41. The van der Waals surface area contributed by atoms with Crippen molar-refractivity contribution in [2.45, 2.75) is 77.6 Å². The zero-order valence-corrected chi connectivity index (χ0v) is 13.4. The molecular formula is C17H30BNO2. The second kappa shape index (κ2) is 11.8. The summed E-state index contributed by atoms with van der Waals surface area (Å²) >= 11 is 0. The number of aromatic nitrogens is 1. The van der Waals surface area contributed by atoms with Crippen molar-refractivity contribution in [2.75, 3.05) is 0 Å². The van der Waals surface area contributed by atoms with Crippen molar-refractivity contribution in [2.24, 2.45) is 0 Å². The summed E-state index contributed by atoms with van der Waals surface area (Å²) in [6, 6.07) is 1.84. The van der Waals surface area contributed by atoms with E-state index < -0.39 is 7.12 Å². The summed E-state index contributed by atoms with van der Waals surface area (Å²) in [7, 11) is -1.41. The van der Waals surface area contributed by atoms with Gasteiger partial charge in [0.05, 0.1) is 0 Å². The monoisotopic (exact) mass is 291 g/mol. The molecule has 0 spiro atoms. The Morgan fingerprint density at radius 3 is 2.00 bits per heavy atom. The molecule has 1 heterocycles. The standard InChI is InChI=1S/C17H30BNO2/c1-2-3-4-5-6-7-8-9-10-11-12-16-13-17(18(20)21)15-19-14-16/h13-15,20-21H,2-12H2,1H3. The summed E-state index contributed by atoms with van der Waals surface area (Å²) in [5.41, 5.74) is 1.58. The summed E-state index contributed by atoms with van der Waals surface area (Å²) in [4.78, 5) is 4.05. The molecule has 4 heteroatoms. The highest BCUT2D eigenvalue weighted by Gasteiger charge is 2.11. The fourth-order valence-corrected chi connectivity index (χ4v) is 2.60. The quantitative estimate of drug-likeness (QED) is 0.459. The van der Waals surface area contributed by atoms with Gasteiger partial charge >= 0.3 is 7.12 Å². The van der Waals surface area contributed by atoms with Crippen molar-refractivity contribution in [3.8, 4) is 0 Å². The van der Waals surface area contributed by atoms with Crippen molar-refractivity contribution in [3.05, 3.63) is 24.0 Å². The highest BCUT2D eigenvalue weighted by Crippen LogP contribution is 2.11. The lowest BCUT2D eigenvalue weighted by Gasteiger charge is -2.04. The molecule has 2 N–H and O–H groups in total. The number of nitrogens with zero attached hydrogens (tertiary/aromatic N) is 1. The molecule has 0 aliphatic heterocycles. The lowest BCUT2D eigenvalue weighted by Crippen LogP contribution is -2.30. The molecule has 0 bridgehead atoms. The molecular weight excluding hydrogens is 261 g/mol. The molecule has 1 aromatic rings. The third kappa shape index (κ3) is 8.89. The number of rotatable bonds is 12. The average Bonchev–Trinajstić information content (AvgIpc) is 2.49. The zero-order valence-electron chi connectivity index (χ0n) is 13.4. The van der Waals surface area contributed by atoms with Gasteiger partial charge in [0.2, 0.25) is 0 Å². The molecule has 0 fully saturated rings. The highest BCUT2D eigenvalue weighted by atomic mass is 16.4. The van der Waals surface area contributed by atoms with Crippen molar-refractivity contribution in [3.63, 3.8) is 0 Å². The molecule has 3 nitrogen and oxygen atoms in total. The molecule has 0 aliphatic carbocycles. The number of unbranched alkanes of at least 4 members (excludes halogenated alkanes) is 9. The second-order valence-corrected chi connectivity index (χ2v) is 5.93. The van der Waals surface area contributed by atoms with E-state index in [-0.39, 0.29) is 0 Å². The van der Waals surface area contributed by atoms with Crippen LogP contribution in [0.2, 0.25) is 0 Å². The molecule has 0 radical (unpaired) electrons. The van der Waals surface area contributed by atoms with E-state index in [9.17, 15) is 0 Å². The van der Waals surface area contributed by atoms with Gasteiger partial charge in [-0.3, -0.25) is 4.98 Å². The molecule has 1 rings (SSSR count). The minimum absolute atomic E-state index is 0.486. The first kappa shape index (κ1) is 18.2. The largest absolute Gasteiger partial charge is 0.490 e. The Morgan fingerprint density at radius 2 is 1.43 bits per heavy atom. The summed E-state index contributed by atoms with van der Waals surface area (Å²) in [6.07, 6.45) is 17.6. The third-order valence-corrected chi connectivity index (χ3v) is 3.93. The Morgan fingerprint density at radius 1 is 0.857 bits per heavy atom. The van der Waals surface area contributed by atoms with Crippen LogP contribution in [0.3, 0.4) is 0 Å². The second-order valence-electron chi connectivity index (χ2n) is 5.93. The minimum Gasteiger partial charge on any atom is -0.423 e. The molecule has 1 aromatic heterocycles. The van der Waals surface area contributed by atoms with Gasteiger partial charge in [-0.1, -0.05) is 70.8 Å². The fraction of sp³-hybridized carbons (Fsp3) is 0.706. The van der Waals surface area contributed by atoms with Gasteiger partial charge in [0.15, 0.2) is 0 Å². The fourth-order valence-electron chi connectivity index (χ4n) is 2.60. The van der Waals surface area contributed by atoms with Gasteiger partial charge in [-0.2, -0.15) is 0 Å². The van der Waals surface area contributed by atoms with Crippen molar-refractivity contribution < 1.29 is 10.0 Å². The van der Waals surface area contributed by atoms with E-state index in [1.54, 1.807) is 0 Å². The number of hydrogen-bond donors (Lipinski definition) is 2. The van der Waals surface area contributed by atoms with Gasteiger partial charge in [0, 0.05) is 17.9 Å². The van der Waals surface area contributed by atoms with Crippen molar-refractivity contribution in [1.82, 2.24) is 4.98 Å². The molecule has 0 aromatic carbocycles. The molecule has 0 amide bonds. The number of hydrogen-bond acceptors (Lipinski definition) is 3. The predicted molar refractivity (Wildman–Crippen MR) is 89.6 cm³/mol. The maximum absolute atomic E-state index is 9.11. The molecule has 0 saturated heterocycles. The Labute approximate surface area is 130 Å². The Balaban J connectivity index is 2.00. The Hall–Kier alpha value is -0.865. The van der Waals surface area contributed by atoms with Crippen LogP contribution in [0.1, 0.15) is 76.7 Å². The number of aryl methyl sites for hydroxylation is 1. The van der Waals surface area contributed by atoms with Crippen LogP contribution in [-0.4, -0.2) is 22.2 Å². The summed E-state index contributed by atoms with van der Waals surface area (Å²) in [5, 5.41) is 18.2. The van der Waals surface area contributed by atoms with Crippen molar-refractivity contribution >= 4 is 12.6 Å². The molecule has 21 heavy (non-hydrogen) atoms. The molecule has 118 valence electrons. The van der Waals surface area contributed by atoms with E-state index in [1.165, 1.54) is 64.0 Å². The van der Waals surface area contributed by atoms with Gasteiger partial charge in [0.25, 0.3) is 0 Å². The maximum atomic E-state index is 9.11. The average molecular weight is 291 g/mol. The first-order chi connectivity index (χ1) is 10.2. The summed E-state index contributed by atoms with van der Waals surface area (Å²) in [5.74, 6) is 0. The summed E-state index contributed by atoms with van der Waals surface area (Å²) < 4.78 is 0. The molecule has 0 atom stereocenters. The lowest BCUT2D eigenvalue weighted by atomic mass is 9.81. The number of pyridine rings is 1. The van der Waals surface area contributed by atoms with Crippen LogP contribution in [0.5, 0.6) is 0 Å². The molecule has 0 unspecified atom stereocenters. The van der Waals surface area contributed by atoms with Crippen molar-refractivity contribution in [1.29, 1.82) is 0 Å². The van der Waals surface area contributed by atoms with E-state index in [2.05, 4.69) is 11.9 Å². The third-order valence-electron chi connectivity index (χ3n) is 3.93. The van der Waals surface area contributed by atoms with E-state index in [1.807, 2.05) is 12.3 Å². The Bertz CT molecular complexity index is 372. The van der Waals surface area contributed by atoms with Gasteiger partial charge in [-0.15, -0.1) is 0 Å². The van der Waals surface area contributed by atoms with Crippen LogP contribution < -0.4 is 5.46 Å². The van der Waals surface area contributed by atoms with Crippen LogP contribution in [-0.2, 0) is 6.42 Å². The predicted octanol–water partition coefficient (Wildman–Crippen LogP) is 3.22. The van der Waals surface area contributed by atoms with Crippen LogP contribution in [0.4, 0.5) is 0 Å². The molecule has 0 saturated carbocycles. The van der Waals surface area contributed by atoms with Gasteiger partial charge in [-0.05, 0) is 18.4 Å². The Kier molecular flexibility index (Phi) is 10.2. The van der Waals surface area contributed by atoms with E-state index in [0.717, 1.165) is 18.4 Å². The van der Waals surface area contributed by atoms with Crippen LogP contribution >= 0.6 is 0 Å². The highest BCUT2D eigenvalue weighted by molar-refractivity contribution is 6.58. The first-order valence-corrected chi connectivity index (χ1v) is 8.54. The zero-order chi connectivity index (χ0) is 15.3. The normalized spacial score (nSPS) is 10.8. The lowest BCUT2D eigenvalue weighted by molar-refractivity contribution is 0.425. The van der Waals surface area contributed by atoms with Crippen LogP contribution in [0, 0.1) is 0 Å². The van der Waals surface area contributed by atoms with E-state index in [4.69, 9.17) is 10.0 Å². The molecule has 0 aliphatic rings. The SMILES string of the molecule is CCCCCCCCCCCCc1cncc(B(O)O)c1. The van der Waals surface area contributed by atoms with Gasteiger partial charge in [0.1, 0.15) is 0 Å². The van der Waals surface area contributed by atoms with E-state index >= 15 is 0 Å². The van der Waals surface area contributed by atoms with Gasteiger partial charge < -0.3 is 10.0 Å². The smallest absolute Gasteiger partial charge is 0.423 e. The topological polar surface area (TPSA) is 53.4 Å². The van der Waals surface area contributed by atoms with Crippen LogP contribution in [0.15, 0.2) is 18.5 Å². The maximum Gasteiger partial charge on any atom is 0.490 e. The van der Waals surface area contributed by atoms with Crippen LogP contribution in [0.25, 0.3) is 0 Å². The van der Waals surface area contributed by atoms with E-state index in [0.29, 0.717) is 5.46 Å². The first-order valence-electron chi connectivity index (χ1n) is 8.54. The summed E-state index contributed by atoms with van der Waals surface area (Å²) in [6.45, 7) is 2.26. The van der Waals surface area contributed by atoms with Gasteiger partial charge in [-0.25, -0.2) is 0 Å².